The summed E-state index contributed by atoms with van der Waals surface area (Å²) in [7, 11) is 4.12. The Balaban J connectivity index is 0.00000320. The van der Waals surface area contributed by atoms with Crippen LogP contribution in [0.4, 0.5) is 0 Å². The largest absolute Gasteiger partial charge is 0.492 e. The second kappa shape index (κ2) is 13.4. The molecule has 1 unspecified atom stereocenters. The monoisotopic (exact) mass is 529 g/mol. The van der Waals surface area contributed by atoms with Crippen molar-refractivity contribution in [2.24, 2.45) is 4.99 Å². The maximum Gasteiger partial charge on any atom is 0.191 e. The number of rotatable bonds is 9. The number of nitrogens with one attached hydrogen (secondary N) is 2. The molecule has 1 heterocycles. The average Bonchev–Trinajstić information content (AvgIpc) is 3.39. The summed E-state index contributed by atoms with van der Waals surface area (Å²) in [5.74, 6) is 1.84. The highest BCUT2D eigenvalue weighted by Gasteiger charge is 2.30. The van der Waals surface area contributed by atoms with Crippen molar-refractivity contribution in [3.63, 3.8) is 0 Å². The van der Waals surface area contributed by atoms with E-state index in [1.165, 1.54) is 38.6 Å². The summed E-state index contributed by atoms with van der Waals surface area (Å²) in [6, 6.07) is 9.53. The Morgan fingerprint density at radius 3 is 2.70 bits per heavy atom. The molecule has 30 heavy (non-hydrogen) atoms. The van der Waals surface area contributed by atoms with Gasteiger partial charge in [0, 0.05) is 43.8 Å². The van der Waals surface area contributed by atoms with Gasteiger partial charge in [-0.25, -0.2) is 4.99 Å². The summed E-state index contributed by atoms with van der Waals surface area (Å²) in [4.78, 5) is 9.67. The molecule has 6 nitrogen and oxygen atoms in total. The molecule has 2 N–H and O–H groups in total. The predicted molar refractivity (Wildman–Crippen MR) is 136 cm³/mol. The highest BCUT2D eigenvalue weighted by Crippen LogP contribution is 2.26. The Bertz CT molecular complexity index is 648. The molecule has 7 heteroatoms. The molecule has 2 aliphatic rings. The van der Waals surface area contributed by atoms with E-state index in [1.807, 2.05) is 12.1 Å². The number of aliphatic imine (C=N–C) groups is 1. The van der Waals surface area contributed by atoms with Gasteiger partial charge in [0.05, 0.1) is 6.54 Å². The van der Waals surface area contributed by atoms with Crippen LogP contribution in [0.3, 0.4) is 0 Å². The topological polar surface area (TPSA) is 52.1 Å². The molecular formula is C23H40IN5O. The average molecular weight is 530 g/mol. The lowest BCUT2D eigenvalue weighted by molar-refractivity contribution is 0.242. The van der Waals surface area contributed by atoms with Gasteiger partial charge in [0.15, 0.2) is 5.96 Å². The third-order valence-corrected chi connectivity index (χ3v) is 5.92. The third-order valence-electron chi connectivity index (χ3n) is 5.92. The summed E-state index contributed by atoms with van der Waals surface area (Å²) in [6.45, 7) is 7.54. The zero-order valence-electron chi connectivity index (χ0n) is 18.9. The number of ether oxygens (including phenoxy) is 1. The quantitative estimate of drug-likeness (QED) is 0.292. The standard InChI is InChI=1S/C23H39N5O.HI/c1-4-24-23(26-20-13-14-28(18-20)21-10-6-7-11-21)25-17-19-9-5-8-12-22(19)29-16-15-27(2)3;/h5,8-9,12,20-21H,4,6-7,10-11,13-18H2,1-3H3,(H2,24,25,26);1H. The molecule has 1 aliphatic heterocycles. The molecule has 1 aromatic carbocycles. The van der Waals surface area contributed by atoms with Crippen molar-refractivity contribution >= 4 is 29.9 Å². The number of hydrogen-bond acceptors (Lipinski definition) is 4. The Morgan fingerprint density at radius 1 is 1.20 bits per heavy atom. The lowest BCUT2D eigenvalue weighted by Crippen LogP contribution is -2.45. The highest BCUT2D eigenvalue weighted by atomic mass is 127. The van der Waals surface area contributed by atoms with Crippen molar-refractivity contribution in [3.8, 4) is 5.75 Å². The van der Waals surface area contributed by atoms with Gasteiger partial charge in [-0.1, -0.05) is 31.0 Å². The number of halogens is 1. The number of likely N-dealkylation sites (tertiary alicyclic amines) is 1. The van der Waals surface area contributed by atoms with Gasteiger partial charge >= 0.3 is 0 Å². The summed E-state index contributed by atoms with van der Waals surface area (Å²) >= 11 is 0. The van der Waals surface area contributed by atoms with E-state index in [0.717, 1.165) is 42.9 Å². The van der Waals surface area contributed by atoms with Crippen LogP contribution < -0.4 is 15.4 Å². The molecule has 0 amide bonds. The molecule has 0 radical (unpaired) electrons. The molecule has 0 bridgehead atoms. The van der Waals surface area contributed by atoms with Crippen molar-refractivity contribution in [1.29, 1.82) is 0 Å². The second-order valence-corrected chi connectivity index (χ2v) is 8.52. The van der Waals surface area contributed by atoms with Gasteiger partial charge in [-0.05, 0) is 46.3 Å². The number of hydrogen-bond donors (Lipinski definition) is 2. The van der Waals surface area contributed by atoms with Crippen molar-refractivity contribution in [2.75, 3.05) is 46.9 Å². The SMILES string of the molecule is CCNC(=NCc1ccccc1OCCN(C)C)NC1CCN(C2CCCC2)C1.I. The number of para-hydroxylation sites is 1. The first-order valence-corrected chi connectivity index (χ1v) is 11.3. The molecule has 0 aromatic heterocycles. The van der Waals surface area contributed by atoms with Crippen molar-refractivity contribution in [3.05, 3.63) is 29.8 Å². The normalized spacial score (nSPS) is 20.4. The van der Waals surface area contributed by atoms with Gasteiger partial charge in [0.1, 0.15) is 12.4 Å². The van der Waals surface area contributed by atoms with Crippen LogP contribution in [-0.4, -0.2) is 74.7 Å². The smallest absolute Gasteiger partial charge is 0.191 e. The van der Waals surface area contributed by atoms with E-state index >= 15 is 0 Å². The number of nitrogens with zero attached hydrogens (tertiary/aromatic N) is 3. The van der Waals surface area contributed by atoms with Crippen LogP contribution in [-0.2, 0) is 6.54 Å². The lowest BCUT2D eigenvalue weighted by Gasteiger charge is -2.24. The van der Waals surface area contributed by atoms with E-state index < -0.39 is 0 Å². The highest BCUT2D eigenvalue weighted by molar-refractivity contribution is 14.0. The van der Waals surface area contributed by atoms with E-state index in [0.29, 0.717) is 19.2 Å². The summed E-state index contributed by atoms with van der Waals surface area (Å²) < 4.78 is 5.99. The molecule has 1 saturated heterocycles. The molecular weight excluding hydrogens is 489 g/mol. The Hall–Kier alpha value is -1.06. The van der Waals surface area contributed by atoms with Gasteiger partial charge in [-0.15, -0.1) is 24.0 Å². The van der Waals surface area contributed by atoms with Crippen LogP contribution in [0.5, 0.6) is 5.75 Å². The molecule has 1 saturated carbocycles. The van der Waals surface area contributed by atoms with Gasteiger partial charge in [-0.2, -0.15) is 0 Å². The fourth-order valence-electron chi connectivity index (χ4n) is 4.30. The van der Waals surface area contributed by atoms with Crippen LogP contribution in [0.15, 0.2) is 29.3 Å². The van der Waals surface area contributed by atoms with E-state index in [-0.39, 0.29) is 24.0 Å². The molecule has 3 rings (SSSR count). The summed E-state index contributed by atoms with van der Waals surface area (Å²) in [6.07, 6.45) is 6.76. The molecule has 2 fully saturated rings. The first-order chi connectivity index (χ1) is 14.2. The first kappa shape index (κ1) is 25.2. The fourth-order valence-corrected chi connectivity index (χ4v) is 4.30. The zero-order chi connectivity index (χ0) is 20.5. The van der Waals surface area contributed by atoms with Gasteiger partial charge < -0.3 is 20.3 Å². The minimum absolute atomic E-state index is 0. The maximum atomic E-state index is 5.99. The van der Waals surface area contributed by atoms with Crippen LogP contribution in [0, 0.1) is 0 Å². The molecule has 1 aromatic rings. The molecule has 0 spiro atoms. The Morgan fingerprint density at radius 2 is 1.97 bits per heavy atom. The van der Waals surface area contributed by atoms with Crippen LogP contribution in [0.25, 0.3) is 0 Å². The van der Waals surface area contributed by atoms with Gasteiger partial charge in [-0.3, -0.25) is 4.90 Å². The fraction of sp³-hybridized carbons (Fsp3) is 0.696. The molecule has 1 aliphatic carbocycles. The van der Waals surface area contributed by atoms with E-state index in [1.54, 1.807) is 0 Å². The maximum absolute atomic E-state index is 5.99. The summed E-state index contributed by atoms with van der Waals surface area (Å²) in [5, 5.41) is 7.08. The number of benzene rings is 1. The van der Waals surface area contributed by atoms with Crippen LogP contribution in [0.2, 0.25) is 0 Å². The summed E-state index contributed by atoms with van der Waals surface area (Å²) in [5.41, 5.74) is 1.13. The number of likely N-dealkylation sites (N-methyl/N-ethyl adjacent to an activating group) is 1. The van der Waals surface area contributed by atoms with Crippen molar-refractivity contribution in [1.82, 2.24) is 20.4 Å². The zero-order valence-corrected chi connectivity index (χ0v) is 21.2. The van der Waals surface area contributed by atoms with Gasteiger partial charge in [0.2, 0.25) is 0 Å². The minimum atomic E-state index is 0. The number of guanidine groups is 1. The first-order valence-electron chi connectivity index (χ1n) is 11.3. The van der Waals surface area contributed by atoms with E-state index in [4.69, 9.17) is 9.73 Å². The Kier molecular flexibility index (Phi) is 11.2. The van der Waals surface area contributed by atoms with E-state index in [9.17, 15) is 0 Å². The van der Waals surface area contributed by atoms with E-state index in [2.05, 4.69) is 53.6 Å². The Labute approximate surface area is 199 Å². The van der Waals surface area contributed by atoms with Crippen LogP contribution in [0.1, 0.15) is 44.6 Å². The molecule has 1 atom stereocenters. The lowest BCUT2D eigenvalue weighted by atomic mass is 10.2. The third kappa shape index (κ3) is 7.89. The van der Waals surface area contributed by atoms with Crippen molar-refractivity contribution < 1.29 is 4.74 Å². The second-order valence-electron chi connectivity index (χ2n) is 8.52. The molecule has 170 valence electrons. The van der Waals surface area contributed by atoms with Crippen molar-refractivity contribution in [2.45, 2.75) is 57.7 Å². The van der Waals surface area contributed by atoms with Gasteiger partial charge in [0.25, 0.3) is 0 Å². The predicted octanol–water partition coefficient (Wildman–Crippen LogP) is 3.32. The minimum Gasteiger partial charge on any atom is -0.492 e. The van der Waals surface area contributed by atoms with Crippen LogP contribution >= 0.6 is 24.0 Å².